The van der Waals surface area contributed by atoms with Crippen molar-refractivity contribution in [1.29, 1.82) is 0 Å². The first-order valence-corrected chi connectivity index (χ1v) is 9.21. The van der Waals surface area contributed by atoms with E-state index in [9.17, 15) is 22.4 Å². The lowest BCUT2D eigenvalue weighted by atomic mass is 10.2. The van der Waals surface area contributed by atoms with E-state index >= 15 is 0 Å². The Morgan fingerprint density at radius 1 is 1.26 bits per heavy atom. The van der Waals surface area contributed by atoms with E-state index in [1.807, 2.05) is 0 Å². The van der Waals surface area contributed by atoms with Gasteiger partial charge < -0.3 is 5.32 Å². The molecule has 0 fully saturated rings. The van der Waals surface area contributed by atoms with E-state index in [0.717, 1.165) is 6.07 Å². The molecule has 4 rings (SSSR count). The van der Waals surface area contributed by atoms with Gasteiger partial charge in [0.2, 0.25) is 0 Å². The van der Waals surface area contributed by atoms with Gasteiger partial charge in [-0.1, -0.05) is 23.7 Å². The lowest BCUT2D eigenvalue weighted by Crippen LogP contribution is -2.15. The van der Waals surface area contributed by atoms with Crippen molar-refractivity contribution in [1.82, 2.24) is 24.4 Å². The fourth-order valence-electron chi connectivity index (χ4n) is 2.99. The number of nitrogens with zero attached hydrogens (tertiary/aromatic N) is 5. The predicted molar refractivity (Wildman–Crippen MR) is 103 cm³/mol. The van der Waals surface area contributed by atoms with Crippen LogP contribution in [0.5, 0.6) is 0 Å². The van der Waals surface area contributed by atoms with Crippen LogP contribution in [0.3, 0.4) is 0 Å². The Hall–Kier alpha value is -3.47. The topological polar surface area (TPSA) is 77.1 Å². The molecule has 1 aromatic carbocycles. The fraction of sp³-hybridized carbons (Fsp3) is 0.158. The van der Waals surface area contributed by atoms with E-state index in [2.05, 4.69) is 20.5 Å². The molecule has 0 aliphatic heterocycles. The Morgan fingerprint density at radius 3 is 2.74 bits per heavy atom. The maximum Gasteiger partial charge on any atom is 0.433 e. The quantitative estimate of drug-likeness (QED) is 0.467. The fourth-order valence-corrected chi connectivity index (χ4v) is 3.23. The van der Waals surface area contributed by atoms with Gasteiger partial charge in [0, 0.05) is 11.9 Å². The first-order chi connectivity index (χ1) is 14.6. The largest absolute Gasteiger partial charge is 0.433 e. The molecule has 0 bridgehead atoms. The number of hydrogen-bond donors (Lipinski definition) is 1. The van der Waals surface area contributed by atoms with E-state index in [1.165, 1.54) is 36.1 Å². The molecule has 12 heteroatoms. The summed E-state index contributed by atoms with van der Waals surface area (Å²) in [7, 11) is 0. The monoisotopic (exact) mass is 452 g/mol. The third-order valence-corrected chi connectivity index (χ3v) is 4.64. The third kappa shape index (κ3) is 4.22. The molecule has 7 nitrogen and oxygen atoms in total. The second-order valence-corrected chi connectivity index (χ2v) is 7.07. The average molecular weight is 453 g/mol. The number of benzene rings is 1. The van der Waals surface area contributed by atoms with Crippen molar-refractivity contribution in [3.63, 3.8) is 0 Å². The summed E-state index contributed by atoms with van der Waals surface area (Å²) in [6, 6.07) is 6.76. The lowest BCUT2D eigenvalue weighted by molar-refractivity contribution is -0.142. The summed E-state index contributed by atoms with van der Waals surface area (Å²) < 4.78 is 55.2. The van der Waals surface area contributed by atoms with Gasteiger partial charge in [0.15, 0.2) is 11.3 Å². The van der Waals surface area contributed by atoms with E-state index < -0.39 is 23.5 Å². The third-order valence-electron chi connectivity index (χ3n) is 4.29. The molecular weight excluding hydrogens is 440 g/mol. The number of aryl methyl sites for hydroxylation is 1. The van der Waals surface area contributed by atoms with Crippen molar-refractivity contribution < 1.29 is 22.4 Å². The smallest absolute Gasteiger partial charge is 0.318 e. The van der Waals surface area contributed by atoms with Crippen LogP contribution in [0.25, 0.3) is 5.65 Å². The summed E-state index contributed by atoms with van der Waals surface area (Å²) in [6.45, 7) is 1.63. The van der Waals surface area contributed by atoms with Gasteiger partial charge in [-0.2, -0.15) is 23.4 Å². The molecule has 0 spiro atoms. The highest BCUT2D eigenvalue weighted by molar-refractivity contribution is 6.37. The van der Waals surface area contributed by atoms with Crippen molar-refractivity contribution in [2.75, 3.05) is 5.32 Å². The summed E-state index contributed by atoms with van der Waals surface area (Å²) in [5.41, 5.74) is -0.796. The van der Waals surface area contributed by atoms with Crippen molar-refractivity contribution in [2.45, 2.75) is 19.6 Å². The van der Waals surface area contributed by atoms with Gasteiger partial charge >= 0.3 is 6.18 Å². The maximum atomic E-state index is 13.3. The molecule has 0 aliphatic carbocycles. The Bertz CT molecular complexity index is 1300. The van der Waals surface area contributed by atoms with E-state index in [1.54, 1.807) is 12.1 Å². The number of anilines is 1. The summed E-state index contributed by atoms with van der Waals surface area (Å²) in [4.78, 5) is 16.6. The number of carbonyl (C=O) groups excluding carboxylic acids is 1. The highest BCUT2D eigenvalue weighted by Crippen LogP contribution is 2.32. The van der Waals surface area contributed by atoms with Crippen LogP contribution in [0.15, 0.2) is 42.7 Å². The molecule has 3 heterocycles. The van der Waals surface area contributed by atoms with E-state index in [4.69, 9.17) is 11.6 Å². The van der Waals surface area contributed by atoms with Crippen LogP contribution in [0.4, 0.5) is 23.2 Å². The molecule has 0 saturated heterocycles. The van der Waals surface area contributed by atoms with Gasteiger partial charge in [-0.05, 0) is 30.7 Å². The predicted octanol–water partition coefficient (Wildman–Crippen LogP) is 4.35. The minimum absolute atomic E-state index is 0.0761. The summed E-state index contributed by atoms with van der Waals surface area (Å²) in [5.74, 6) is -1.21. The van der Waals surface area contributed by atoms with Crippen LogP contribution < -0.4 is 5.32 Å². The number of amides is 1. The molecule has 0 aliphatic rings. The van der Waals surface area contributed by atoms with Crippen LogP contribution in [0.1, 0.15) is 27.4 Å². The second kappa shape index (κ2) is 7.65. The molecule has 1 amide bonds. The van der Waals surface area contributed by atoms with Crippen LogP contribution in [-0.4, -0.2) is 30.3 Å². The number of hydrogen-bond acceptors (Lipinski definition) is 4. The molecule has 4 aromatic rings. The van der Waals surface area contributed by atoms with Gasteiger partial charge in [0.25, 0.3) is 5.91 Å². The molecule has 1 N–H and O–H groups in total. The Morgan fingerprint density at radius 2 is 2.03 bits per heavy atom. The van der Waals surface area contributed by atoms with Crippen LogP contribution in [0, 0.1) is 12.7 Å². The SMILES string of the molecule is Cc1cc(C(F)(F)F)n2nc(C(=O)Nc3cnn(Cc4cccc(F)c4)c3)c(Cl)c2n1. The zero-order valence-electron chi connectivity index (χ0n) is 15.8. The number of carbonyl (C=O) groups is 1. The van der Waals surface area contributed by atoms with Crippen LogP contribution in [-0.2, 0) is 12.7 Å². The van der Waals surface area contributed by atoms with Crippen molar-refractivity contribution in [2.24, 2.45) is 0 Å². The first kappa shape index (κ1) is 20.8. The van der Waals surface area contributed by atoms with Gasteiger partial charge in [-0.25, -0.2) is 13.9 Å². The molecule has 0 atom stereocenters. The highest BCUT2D eigenvalue weighted by atomic mass is 35.5. The Kier molecular flexibility index (Phi) is 5.13. The number of fused-ring (bicyclic) bond motifs is 1. The lowest BCUT2D eigenvalue weighted by Gasteiger charge is -2.09. The van der Waals surface area contributed by atoms with Gasteiger partial charge in [-0.3, -0.25) is 9.48 Å². The molecule has 0 radical (unpaired) electrons. The van der Waals surface area contributed by atoms with E-state index in [-0.39, 0.29) is 34.4 Å². The molecular formula is C19H13ClF4N6O. The van der Waals surface area contributed by atoms with Crippen LogP contribution in [0.2, 0.25) is 5.02 Å². The zero-order valence-corrected chi connectivity index (χ0v) is 16.5. The van der Waals surface area contributed by atoms with Crippen molar-refractivity contribution in [3.8, 4) is 0 Å². The van der Waals surface area contributed by atoms with Crippen molar-refractivity contribution >= 4 is 28.8 Å². The maximum absolute atomic E-state index is 13.3. The first-order valence-electron chi connectivity index (χ1n) is 8.83. The standard InChI is InChI=1S/C19H13ClF4N6O/c1-10-5-14(19(22,23)24)30-17(26-10)15(20)16(28-30)18(31)27-13-7-25-29(9-13)8-11-3-2-4-12(21)6-11/h2-7,9H,8H2,1H3,(H,27,31). The number of aromatic nitrogens is 5. The molecule has 0 saturated carbocycles. The number of halogens is 5. The molecule has 0 unspecified atom stereocenters. The van der Waals surface area contributed by atoms with Gasteiger partial charge in [0.05, 0.1) is 18.4 Å². The minimum atomic E-state index is -4.72. The minimum Gasteiger partial charge on any atom is -0.318 e. The zero-order chi connectivity index (χ0) is 22.3. The summed E-state index contributed by atoms with van der Waals surface area (Å²) >= 11 is 6.11. The summed E-state index contributed by atoms with van der Waals surface area (Å²) in [6.07, 6.45) is -1.90. The van der Waals surface area contributed by atoms with E-state index in [0.29, 0.717) is 10.1 Å². The van der Waals surface area contributed by atoms with Gasteiger partial charge in [-0.15, -0.1) is 0 Å². The average Bonchev–Trinajstić information content (AvgIpc) is 3.25. The Labute approximate surface area is 177 Å². The molecule has 160 valence electrons. The normalized spacial score (nSPS) is 11.8. The van der Waals surface area contributed by atoms with Crippen LogP contribution >= 0.6 is 11.6 Å². The highest BCUT2D eigenvalue weighted by Gasteiger charge is 2.36. The molecule has 3 aromatic heterocycles. The molecule has 31 heavy (non-hydrogen) atoms. The number of nitrogens with one attached hydrogen (secondary N) is 1. The van der Waals surface area contributed by atoms with Gasteiger partial charge in [0.1, 0.15) is 16.5 Å². The van der Waals surface area contributed by atoms with Crippen molar-refractivity contribution in [3.05, 3.63) is 76.2 Å². The number of rotatable bonds is 4. The Balaban J connectivity index is 1.59. The second-order valence-electron chi connectivity index (χ2n) is 6.69. The number of alkyl halides is 3. The summed E-state index contributed by atoms with van der Waals surface area (Å²) in [5, 5.41) is 9.97.